The second-order valence-corrected chi connectivity index (χ2v) is 7.70. The van der Waals surface area contributed by atoms with Crippen molar-refractivity contribution in [1.29, 1.82) is 0 Å². The average molecular weight is 399 g/mol. The number of nitrogens with zero attached hydrogens (tertiary/aromatic N) is 1. The highest BCUT2D eigenvalue weighted by atomic mass is 32.2. The highest BCUT2D eigenvalue weighted by Gasteiger charge is 2.19. The molecule has 0 aliphatic carbocycles. The molecule has 0 atom stereocenters. The van der Waals surface area contributed by atoms with Crippen molar-refractivity contribution in [1.82, 2.24) is 10.2 Å². The first-order valence-electron chi connectivity index (χ1n) is 8.87. The lowest BCUT2D eigenvalue weighted by Crippen LogP contribution is -2.15. The Kier molecular flexibility index (Phi) is 5.79. The molecule has 0 aliphatic heterocycles. The van der Waals surface area contributed by atoms with Crippen molar-refractivity contribution in [3.05, 3.63) is 70.5 Å². The summed E-state index contributed by atoms with van der Waals surface area (Å²) in [4.78, 5) is 11.4. The molecule has 0 radical (unpaired) electrons. The number of aromatic nitrogens is 2. The predicted octanol–water partition coefficient (Wildman–Crippen LogP) is 3.20. The monoisotopic (exact) mass is 399 g/mol. The van der Waals surface area contributed by atoms with Crippen molar-refractivity contribution in [2.75, 3.05) is 11.3 Å². The van der Waals surface area contributed by atoms with Crippen molar-refractivity contribution in [2.45, 2.75) is 25.2 Å². The topological polar surface area (TPSA) is 101 Å². The molecule has 1 heterocycles. The van der Waals surface area contributed by atoms with Gasteiger partial charge in [-0.15, -0.1) is 0 Å². The first kappa shape index (κ1) is 19.6. The van der Waals surface area contributed by atoms with E-state index in [4.69, 9.17) is 4.74 Å². The maximum absolute atomic E-state index is 13.0. The van der Waals surface area contributed by atoms with Gasteiger partial charge in [0.05, 0.1) is 17.2 Å². The summed E-state index contributed by atoms with van der Waals surface area (Å²) in [5.74, 6) is 0.672. The van der Waals surface area contributed by atoms with Crippen molar-refractivity contribution in [3.63, 3.8) is 0 Å². The van der Waals surface area contributed by atoms with E-state index >= 15 is 0 Å². The number of rotatable bonds is 7. The summed E-state index contributed by atoms with van der Waals surface area (Å²) < 4.78 is 34.0. The number of ether oxygens (including phenoxy) is 1. The van der Waals surface area contributed by atoms with Crippen LogP contribution in [-0.2, 0) is 16.4 Å². The Labute approximate surface area is 163 Å². The van der Waals surface area contributed by atoms with Crippen LogP contribution in [0.4, 0.5) is 5.69 Å². The summed E-state index contributed by atoms with van der Waals surface area (Å²) in [5.41, 5.74) is 1.89. The molecule has 0 saturated carbocycles. The fraction of sp³-hybridized carbons (Fsp3) is 0.200. The maximum atomic E-state index is 13.0. The van der Waals surface area contributed by atoms with E-state index in [9.17, 15) is 13.2 Å². The minimum absolute atomic E-state index is 0.175. The summed E-state index contributed by atoms with van der Waals surface area (Å²) in [5, 5.41) is 6.33. The number of anilines is 1. The number of hydrogen-bond acceptors (Lipinski definition) is 5. The van der Waals surface area contributed by atoms with Gasteiger partial charge < -0.3 is 4.74 Å². The van der Waals surface area contributed by atoms with Crippen LogP contribution in [0.1, 0.15) is 19.4 Å². The molecule has 1 aromatic heterocycles. The molecule has 0 bridgehead atoms. The van der Waals surface area contributed by atoms with Gasteiger partial charge in [-0.2, -0.15) is 5.10 Å². The van der Waals surface area contributed by atoms with Gasteiger partial charge in [-0.25, -0.2) is 13.5 Å². The molecule has 0 unspecified atom stereocenters. The molecular weight excluding hydrogens is 378 g/mol. The Morgan fingerprint density at radius 1 is 1.04 bits per heavy atom. The van der Waals surface area contributed by atoms with Crippen LogP contribution >= 0.6 is 0 Å². The second-order valence-electron chi connectivity index (χ2n) is 6.05. The fourth-order valence-electron chi connectivity index (χ4n) is 2.76. The summed E-state index contributed by atoms with van der Waals surface area (Å²) in [6.07, 6.45) is 0.554. The quantitative estimate of drug-likeness (QED) is 0.635. The number of sulfonamides is 1. The normalized spacial score (nSPS) is 11.2. The zero-order chi connectivity index (χ0) is 20.1. The number of benzene rings is 2. The third kappa shape index (κ3) is 4.40. The van der Waals surface area contributed by atoms with Crippen molar-refractivity contribution in [2.24, 2.45) is 0 Å². The lowest BCUT2D eigenvalue weighted by Gasteiger charge is -2.13. The van der Waals surface area contributed by atoms with E-state index in [1.807, 2.05) is 13.8 Å². The number of aryl methyl sites for hydroxylation is 1. The minimum atomic E-state index is -3.81. The average Bonchev–Trinajstić information content (AvgIpc) is 2.69. The zero-order valence-electron chi connectivity index (χ0n) is 15.6. The molecule has 2 aromatic carbocycles. The minimum Gasteiger partial charge on any atom is -0.494 e. The van der Waals surface area contributed by atoms with Crippen LogP contribution in [0.3, 0.4) is 0 Å². The van der Waals surface area contributed by atoms with E-state index in [0.717, 1.165) is 0 Å². The van der Waals surface area contributed by atoms with Gasteiger partial charge >= 0.3 is 0 Å². The lowest BCUT2D eigenvalue weighted by molar-refractivity contribution is 0.340. The van der Waals surface area contributed by atoms with Gasteiger partial charge in [0.1, 0.15) is 5.75 Å². The van der Waals surface area contributed by atoms with Crippen LogP contribution in [0.5, 0.6) is 5.75 Å². The highest BCUT2D eigenvalue weighted by molar-refractivity contribution is 7.92. The molecule has 8 heteroatoms. The van der Waals surface area contributed by atoms with Crippen LogP contribution in [0, 0.1) is 0 Å². The third-order valence-corrected chi connectivity index (χ3v) is 5.59. The van der Waals surface area contributed by atoms with Crippen LogP contribution < -0.4 is 15.0 Å². The van der Waals surface area contributed by atoms with Crippen molar-refractivity contribution >= 4 is 15.7 Å². The smallest absolute Gasteiger partial charge is 0.264 e. The Morgan fingerprint density at radius 2 is 1.79 bits per heavy atom. The van der Waals surface area contributed by atoms with Crippen LogP contribution in [-0.4, -0.2) is 25.2 Å². The number of hydrogen-bond donors (Lipinski definition) is 2. The third-order valence-electron chi connectivity index (χ3n) is 4.13. The van der Waals surface area contributed by atoms with Gasteiger partial charge in [-0.3, -0.25) is 9.52 Å². The van der Waals surface area contributed by atoms with Gasteiger partial charge in [0, 0.05) is 17.3 Å². The van der Waals surface area contributed by atoms with Crippen LogP contribution in [0.2, 0.25) is 0 Å². The number of aromatic amines is 1. The SMILES string of the molecule is CCOc1ccc(NS(=O)(=O)c2cc(-c3ccc(=O)[nH]n3)ccc2CC)cc1. The van der Waals surface area contributed by atoms with Gasteiger partial charge in [0.2, 0.25) is 0 Å². The van der Waals surface area contributed by atoms with Crippen LogP contribution in [0.25, 0.3) is 11.3 Å². The summed E-state index contributed by atoms with van der Waals surface area (Å²) in [6.45, 7) is 4.31. The Morgan fingerprint density at radius 3 is 2.39 bits per heavy atom. The number of nitrogens with one attached hydrogen (secondary N) is 2. The first-order chi connectivity index (χ1) is 13.4. The summed E-state index contributed by atoms with van der Waals surface area (Å²) >= 11 is 0. The molecule has 0 amide bonds. The Balaban J connectivity index is 1.96. The van der Waals surface area contributed by atoms with Gasteiger partial charge in [-0.05, 0) is 55.3 Å². The van der Waals surface area contributed by atoms with E-state index in [2.05, 4.69) is 14.9 Å². The standard InChI is InChI=1S/C20H21N3O4S/c1-3-14-5-6-15(18-11-12-20(24)22-21-18)13-19(14)28(25,26)23-16-7-9-17(10-8-16)27-4-2/h5-13,23H,3-4H2,1-2H3,(H,22,24). The molecule has 146 valence electrons. The van der Waals surface area contributed by atoms with E-state index < -0.39 is 10.0 Å². The summed E-state index contributed by atoms with van der Waals surface area (Å²) in [7, 11) is -3.81. The molecule has 0 saturated heterocycles. The molecule has 0 fully saturated rings. The van der Waals surface area contributed by atoms with Crippen LogP contribution in [0.15, 0.2) is 64.3 Å². The molecule has 3 aromatic rings. The molecule has 28 heavy (non-hydrogen) atoms. The van der Waals surface area contributed by atoms with E-state index in [0.29, 0.717) is 41.3 Å². The number of H-pyrrole nitrogens is 1. The highest BCUT2D eigenvalue weighted by Crippen LogP contribution is 2.26. The largest absolute Gasteiger partial charge is 0.494 e. The zero-order valence-corrected chi connectivity index (χ0v) is 16.4. The van der Waals surface area contributed by atoms with Gasteiger partial charge in [-0.1, -0.05) is 19.1 Å². The first-order valence-corrected chi connectivity index (χ1v) is 10.4. The molecule has 7 nitrogen and oxygen atoms in total. The Hall–Kier alpha value is -3.13. The summed E-state index contributed by atoms with van der Waals surface area (Å²) in [6, 6.07) is 14.7. The molecule has 0 spiro atoms. The van der Waals surface area contributed by atoms with Crippen molar-refractivity contribution in [3.8, 4) is 17.0 Å². The maximum Gasteiger partial charge on any atom is 0.264 e. The lowest BCUT2D eigenvalue weighted by atomic mass is 10.1. The molecule has 0 aliphatic rings. The van der Waals surface area contributed by atoms with E-state index in [1.165, 1.54) is 6.07 Å². The van der Waals surface area contributed by atoms with Gasteiger partial charge in [0.25, 0.3) is 15.6 Å². The second kappa shape index (κ2) is 8.26. The van der Waals surface area contributed by atoms with E-state index in [1.54, 1.807) is 48.5 Å². The molecule has 3 rings (SSSR count). The molecule has 2 N–H and O–H groups in total. The Bertz CT molecular complexity index is 1100. The molecular formula is C20H21N3O4S. The van der Waals surface area contributed by atoms with Crippen molar-refractivity contribution < 1.29 is 13.2 Å². The fourth-order valence-corrected chi connectivity index (χ4v) is 4.15. The van der Waals surface area contributed by atoms with E-state index in [-0.39, 0.29) is 10.5 Å². The predicted molar refractivity (Wildman–Crippen MR) is 108 cm³/mol. The van der Waals surface area contributed by atoms with Gasteiger partial charge in [0.15, 0.2) is 0 Å².